The van der Waals surface area contributed by atoms with Gasteiger partial charge in [-0.25, -0.2) is 8.42 Å². The zero-order chi connectivity index (χ0) is 14.6. The van der Waals surface area contributed by atoms with E-state index in [1.54, 1.807) is 0 Å². The lowest BCUT2D eigenvalue weighted by Gasteiger charge is -2.25. The Kier molecular flexibility index (Phi) is 5.05. The number of anilines is 1. The highest BCUT2D eigenvalue weighted by atomic mass is 32.2. The van der Waals surface area contributed by atoms with Crippen LogP contribution in [0.2, 0.25) is 0 Å². The molecular weight excluding hydrogens is 272 g/mol. The monoisotopic (exact) mass is 296 g/mol. The lowest BCUT2D eigenvalue weighted by Crippen LogP contribution is -2.29. The fourth-order valence-corrected chi connectivity index (χ4v) is 3.73. The molecule has 1 N–H and O–H groups in total. The lowest BCUT2D eigenvalue weighted by atomic mass is 10.1. The van der Waals surface area contributed by atoms with Crippen molar-refractivity contribution in [3.8, 4) is 0 Å². The predicted octanol–water partition coefficient (Wildman–Crippen LogP) is 1.81. The van der Waals surface area contributed by atoms with Crippen LogP contribution < -0.4 is 10.2 Å². The SMILES string of the molecule is CC(C)NCc1ccccc1N1CCCS(=O)(=O)CC1. The second-order valence-electron chi connectivity index (χ2n) is 5.66. The lowest BCUT2D eigenvalue weighted by molar-refractivity contribution is 0.588. The van der Waals surface area contributed by atoms with Crippen LogP contribution in [0.1, 0.15) is 25.8 Å². The minimum atomic E-state index is -2.86. The van der Waals surface area contributed by atoms with E-state index < -0.39 is 9.84 Å². The van der Waals surface area contributed by atoms with Crippen molar-refractivity contribution in [3.05, 3.63) is 29.8 Å². The highest BCUT2D eigenvalue weighted by molar-refractivity contribution is 7.91. The number of nitrogens with zero attached hydrogens (tertiary/aromatic N) is 1. The summed E-state index contributed by atoms with van der Waals surface area (Å²) in [6, 6.07) is 8.70. The smallest absolute Gasteiger partial charge is 0.152 e. The summed E-state index contributed by atoms with van der Waals surface area (Å²) in [5.74, 6) is 0.578. The molecule has 0 bridgehead atoms. The molecule has 1 aromatic rings. The van der Waals surface area contributed by atoms with Gasteiger partial charge in [-0.2, -0.15) is 0 Å². The standard InChI is InChI=1S/C15H24N2O2S/c1-13(2)16-12-14-6-3-4-7-15(14)17-8-5-10-20(18,19)11-9-17/h3-4,6-7,13,16H,5,8-12H2,1-2H3. The molecule has 0 atom stereocenters. The summed E-state index contributed by atoms with van der Waals surface area (Å²) < 4.78 is 23.4. The van der Waals surface area contributed by atoms with Gasteiger partial charge in [-0.1, -0.05) is 32.0 Å². The molecule has 0 unspecified atom stereocenters. The van der Waals surface area contributed by atoms with E-state index in [0.717, 1.165) is 18.8 Å². The summed E-state index contributed by atoms with van der Waals surface area (Å²) in [4.78, 5) is 2.21. The van der Waals surface area contributed by atoms with E-state index in [-0.39, 0.29) is 5.75 Å². The Labute approximate surface area is 122 Å². The number of rotatable bonds is 4. The maximum Gasteiger partial charge on any atom is 0.152 e. The number of nitrogens with one attached hydrogen (secondary N) is 1. The Morgan fingerprint density at radius 3 is 2.70 bits per heavy atom. The second kappa shape index (κ2) is 6.59. The summed E-state index contributed by atoms with van der Waals surface area (Å²) in [5, 5.41) is 3.43. The third-order valence-corrected chi connectivity index (χ3v) is 5.30. The molecule has 1 fully saturated rings. The van der Waals surface area contributed by atoms with Gasteiger partial charge in [0.15, 0.2) is 9.84 Å². The largest absolute Gasteiger partial charge is 0.370 e. The normalized spacial score (nSPS) is 19.1. The van der Waals surface area contributed by atoms with Crippen molar-refractivity contribution >= 4 is 15.5 Å². The topological polar surface area (TPSA) is 49.4 Å². The summed E-state index contributed by atoms with van der Waals surface area (Å²) in [6.07, 6.45) is 0.717. The molecule has 0 amide bonds. The van der Waals surface area contributed by atoms with Gasteiger partial charge in [-0.3, -0.25) is 0 Å². The van der Waals surface area contributed by atoms with Crippen LogP contribution in [-0.2, 0) is 16.4 Å². The second-order valence-corrected chi connectivity index (χ2v) is 7.96. The van der Waals surface area contributed by atoms with Crippen molar-refractivity contribution in [2.75, 3.05) is 29.5 Å². The van der Waals surface area contributed by atoms with Crippen LogP contribution in [-0.4, -0.2) is 39.1 Å². The van der Waals surface area contributed by atoms with Crippen LogP contribution in [0.15, 0.2) is 24.3 Å². The van der Waals surface area contributed by atoms with Gasteiger partial charge in [0.1, 0.15) is 0 Å². The van der Waals surface area contributed by atoms with Crippen LogP contribution in [0.25, 0.3) is 0 Å². The minimum absolute atomic E-state index is 0.263. The van der Waals surface area contributed by atoms with Crippen LogP contribution in [0, 0.1) is 0 Å². The van der Waals surface area contributed by atoms with E-state index in [2.05, 4.69) is 36.2 Å². The molecule has 1 aliphatic heterocycles. The molecule has 112 valence electrons. The highest BCUT2D eigenvalue weighted by Crippen LogP contribution is 2.22. The molecular formula is C15H24N2O2S. The number of hydrogen-bond donors (Lipinski definition) is 1. The first-order valence-electron chi connectivity index (χ1n) is 7.24. The number of sulfone groups is 1. The molecule has 20 heavy (non-hydrogen) atoms. The molecule has 0 spiro atoms. The Bertz CT molecular complexity index is 541. The number of para-hydroxylation sites is 1. The fraction of sp³-hybridized carbons (Fsp3) is 0.600. The molecule has 4 nitrogen and oxygen atoms in total. The molecule has 1 heterocycles. The van der Waals surface area contributed by atoms with Gasteiger partial charge in [-0.05, 0) is 18.1 Å². The summed E-state index contributed by atoms with van der Waals surface area (Å²) in [5.41, 5.74) is 2.40. The van der Waals surface area contributed by atoms with Gasteiger partial charge in [0.2, 0.25) is 0 Å². The summed E-state index contributed by atoms with van der Waals surface area (Å²) in [7, 11) is -2.86. The Balaban J connectivity index is 2.15. The van der Waals surface area contributed by atoms with E-state index in [4.69, 9.17) is 0 Å². The van der Waals surface area contributed by atoms with Gasteiger partial charge < -0.3 is 10.2 Å². The van der Waals surface area contributed by atoms with Crippen LogP contribution >= 0.6 is 0 Å². The van der Waals surface area contributed by atoms with Gasteiger partial charge in [0.25, 0.3) is 0 Å². The Morgan fingerprint density at radius 1 is 1.20 bits per heavy atom. The first kappa shape index (κ1) is 15.3. The van der Waals surface area contributed by atoms with Crippen LogP contribution in [0.4, 0.5) is 5.69 Å². The molecule has 5 heteroatoms. The van der Waals surface area contributed by atoms with Crippen molar-refractivity contribution in [2.45, 2.75) is 32.9 Å². The molecule has 1 aromatic carbocycles. The highest BCUT2D eigenvalue weighted by Gasteiger charge is 2.20. The molecule has 0 aliphatic carbocycles. The van der Waals surface area contributed by atoms with E-state index in [1.165, 1.54) is 5.56 Å². The quantitative estimate of drug-likeness (QED) is 0.920. The predicted molar refractivity (Wildman–Crippen MR) is 83.9 cm³/mol. The maximum atomic E-state index is 11.7. The van der Waals surface area contributed by atoms with Crippen molar-refractivity contribution in [1.29, 1.82) is 0 Å². The molecule has 1 saturated heterocycles. The Morgan fingerprint density at radius 2 is 1.95 bits per heavy atom. The Hall–Kier alpha value is -1.07. The van der Waals surface area contributed by atoms with Gasteiger partial charge >= 0.3 is 0 Å². The van der Waals surface area contributed by atoms with E-state index >= 15 is 0 Å². The molecule has 1 aliphatic rings. The first-order chi connectivity index (χ1) is 9.48. The van der Waals surface area contributed by atoms with Crippen molar-refractivity contribution in [2.24, 2.45) is 0 Å². The zero-order valence-electron chi connectivity index (χ0n) is 12.3. The molecule has 0 radical (unpaired) electrons. The van der Waals surface area contributed by atoms with E-state index in [1.807, 2.05) is 12.1 Å². The van der Waals surface area contributed by atoms with Crippen molar-refractivity contribution < 1.29 is 8.42 Å². The van der Waals surface area contributed by atoms with E-state index in [0.29, 0.717) is 24.8 Å². The van der Waals surface area contributed by atoms with E-state index in [9.17, 15) is 8.42 Å². The molecule has 2 rings (SSSR count). The van der Waals surface area contributed by atoms with Gasteiger partial charge in [0.05, 0.1) is 11.5 Å². The minimum Gasteiger partial charge on any atom is -0.370 e. The van der Waals surface area contributed by atoms with Crippen LogP contribution in [0.5, 0.6) is 0 Å². The summed E-state index contributed by atoms with van der Waals surface area (Å²) >= 11 is 0. The van der Waals surface area contributed by atoms with Crippen molar-refractivity contribution in [3.63, 3.8) is 0 Å². The van der Waals surface area contributed by atoms with Crippen LogP contribution in [0.3, 0.4) is 0 Å². The van der Waals surface area contributed by atoms with Gasteiger partial charge in [-0.15, -0.1) is 0 Å². The molecule has 0 aromatic heterocycles. The average molecular weight is 296 g/mol. The maximum absolute atomic E-state index is 11.7. The third-order valence-electron chi connectivity index (χ3n) is 3.59. The zero-order valence-corrected chi connectivity index (χ0v) is 13.1. The van der Waals surface area contributed by atoms with Crippen molar-refractivity contribution in [1.82, 2.24) is 5.32 Å². The van der Waals surface area contributed by atoms with Gasteiger partial charge in [0, 0.05) is 31.4 Å². The molecule has 0 saturated carbocycles. The summed E-state index contributed by atoms with van der Waals surface area (Å²) in [6.45, 7) is 6.48. The number of benzene rings is 1. The third kappa shape index (κ3) is 4.21. The first-order valence-corrected chi connectivity index (χ1v) is 9.07. The number of hydrogen-bond acceptors (Lipinski definition) is 4. The average Bonchev–Trinajstić information content (AvgIpc) is 2.58. The fourth-order valence-electron chi connectivity index (χ4n) is 2.46.